The average Bonchev–Trinajstić information content (AvgIpc) is 2.61. The lowest BCUT2D eigenvalue weighted by Crippen LogP contribution is -2.39. The minimum absolute atomic E-state index is 0.258. The number of benzene rings is 2. The summed E-state index contributed by atoms with van der Waals surface area (Å²) >= 11 is 0. The van der Waals surface area contributed by atoms with E-state index in [9.17, 15) is 8.60 Å². The van der Waals surface area contributed by atoms with E-state index in [0.717, 1.165) is 5.56 Å². The number of aliphatic imine (C=N–C) groups is 1. The van der Waals surface area contributed by atoms with Crippen molar-refractivity contribution in [3.05, 3.63) is 71.5 Å². The molecule has 0 heterocycles. The summed E-state index contributed by atoms with van der Waals surface area (Å²) in [5.74, 6) is 1.42. The number of hydrogen-bond donors (Lipinski definition) is 2. The first kappa shape index (κ1) is 19.1. The van der Waals surface area contributed by atoms with E-state index >= 15 is 0 Å². The van der Waals surface area contributed by atoms with Crippen LogP contribution in [-0.4, -0.2) is 29.0 Å². The smallest absolute Gasteiger partial charge is 0.191 e. The molecule has 0 aromatic heterocycles. The fourth-order valence-electron chi connectivity index (χ4n) is 2.25. The van der Waals surface area contributed by atoms with Gasteiger partial charge in [-0.1, -0.05) is 48.5 Å². The Kier molecular flexibility index (Phi) is 8.12. The van der Waals surface area contributed by atoms with Crippen molar-refractivity contribution in [2.45, 2.75) is 19.2 Å². The lowest BCUT2D eigenvalue weighted by molar-refractivity contribution is 0.610. The summed E-state index contributed by atoms with van der Waals surface area (Å²) in [6.07, 6.45) is 0. The Hall–Kier alpha value is -2.21. The highest BCUT2D eigenvalue weighted by molar-refractivity contribution is 7.84. The van der Waals surface area contributed by atoms with Crippen molar-refractivity contribution < 1.29 is 8.60 Å². The Bertz CT molecular complexity index is 707. The summed E-state index contributed by atoms with van der Waals surface area (Å²) in [6, 6.07) is 16.4. The number of guanidine groups is 1. The number of rotatable bonds is 8. The lowest BCUT2D eigenvalue weighted by Gasteiger charge is -2.11. The molecule has 134 valence electrons. The van der Waals surface area contributed by atoms with Gasteiger partial charge in [0.25, 0.3) is 0 Å². The van der Waals surface area contributed by atoms with Crippen LogP contribution in [0.15, 0.2) is 59.6 Å². The van der Waals surface area contributed by atoms with Gasteiger partial charge in [-0.25, -0.2) is 9.38 Å². The monoisotopic (exact) mass is 361 g/mol. The van der Waals surface area contributed by atoms with Crippen LogP contribution in [0.25, 0.3) is 0 Å². The molecule has 0 aliphatic heterocycles. The Morgan fingerprint density at radius 2 is 1.80 bits per heavy atom. The molecule has 0 bridgehead atoms. The molecule has 2 rings (SSSR count). The third kappa shape index (κ3) is 7.05. The molecule has 0 spiro atoms. The first-order chi connectivity index (χ1) is 12.2. The molecule has 1 atom stereocenters. The molecule has 0 fully saturated rings. The maximum absolute atomic E-state index is 13.6. The van der Waals surface area contributed by atoms with Gasteiger partial charge in [-0.15, -0.1) is 0 Å². The molecule has 0 amide bonds. The summed E-state index contributed by atoms with van der Waals surface area (Å²) < 4.78 is 25.8. The predicted octanol–water partition coefficient (Wildman–Crippen LogP) is 2.83. The van der Waals surface area contributed by atoms with E-state index in [1.807, 2.05) is 37.3 Å². The van der Waals surface area contributed by atoms with Crippen LogP contribution < -0.4 is 10.6 Å². The van der Waals surface area contributed by atoms with Gasteiger partial charge in [-0.05, 0) is 18.6 Å². The van der Waals surface area contributed by atoms with Crippen LogP contribution in [0.4, 0.5) is 4.39 Å². The normalized spacial score (nSPS) is 12.6. The second-order valence-corrected chi connectivity index (χ2v) is 7.06. The predicted molar refractivity (Wildman–Crippen MR) is 102 cm³/mol. The highest BCUT2D eigenvalue weighted by Crippen LogP contribution is 2.07. The number of halogens is 1. The summed E-state index contributed by atoms with van der Waals surface area (Å²) in [5, 5.41) is 6.26. The molecular weight excluding hydrogens is 337 g/mol. The van der Waals surface area contributed by atoms with Crippen molar-refractivity contribution >= 4 is 16.8 Å². The minimum atomic E-state index is -0.940. The van der Waals surface area contributed by atoms with E-state index in [1.54, 1.807) is 18.2 Å². The first-order valence-corrected chi connectivity index (χ1v) is 9.82. The zero-order valence-corrected chi connectivity index (χ0v) is 15.2. The average molecular weight is 361 g/mol. The van der Waals surface area contributed by atoms with Gasteiger partial charge in [0.15, 0.2) is 5.96 Å². The quantitative estimate of drug-likeness (QED) is 0.562. The van der Waals surface area contributed by atoms with Gasteiger partial charge in [0.05, 0.1) is 6.54 Å². The van der Waals surface area contributed by atoms with Gasteiger partial charge in [0.2, 0.25) is 0 Å². The van der Waals surface area contributed by atoms with Crippen LogP contribution in [0, 0.1) is 5.82 Å². The van der Waals surface area contributed by atoms with Crippen molar-refractivity contribution in [2.75, 3.05) is 18.8 Å². The van der Waals surface area contributed by atoms with Gasteiger partial charge in [-0.2, -0.15) is 0 Å². The summed E-state index contributed by atoms with van der Waals surface area (Å²) in [7, 11) is -0.940. The van der Waals surface area contributed by atoms with E-state index in [2.05, 4.69) is 15.6 Å². The molecule has 0 saturated carbocycles. The molecule has 0 saturated heterocycles. The zero-order chi connectivity index (χ0) is 17.9. The highest BCUT2D eigenvalue weighted by Gasteiger charge is 2.04. The third-order valence-corrected chi connectivity index (χ3v) is 4.82. The van der Waals surface area contributed by atoms with Gasteiger partial charge >= 0.3 is 0 Å². The van der Waals surface area contributed by atoms with Gasteiger partial charge < -0.3 is 10.6 Å². The molecule has 2 N–H and O–H groups in total. The van der Waals surface area contributed by atoms with Crippen molar-refractivity contribution in [1.82, 2.24) is 10.6 Å². The first-order valence-electron chi connectivity index (χ1n) is 8.33. The molecule has 0 aliphatic carbocycles. The number of nitrogens with one attached hydrogen (secondary N) is 2. The van der Waals surface area contributed by atoms with Crippen LogP contribution in [0.1, 0.15) is 18.1 Å². The largest absolute Gasteiger partial charge is 0.357 e. The van der Waals surface area contributed by atoms with Gasteiger partial charge in [-0.3, -0.25) is 4.21 Å². The summed E-state index contributed by atoms with van der Waals surface area (Å²) in [6.45, 7) is 3.47. The Balaban J connectivity index is 1.81. The Labute approximate surface area is 151 Å². The maximum atomic E-state index is 13.6. The molecule has 1 unspecified atom stereocenters. The van der Waals surface area contributed by atoms with E-state index in [-0.39, 0.29) is 12.4 Å². The topological polar surface area (TPSA) is 53.5 Å². The molecule has 2 aromatic carbocycles. The highest BCUT2D eigenvalue weighted by atomic mass is 32.2. The summed E-state index contributed by atoms with van der Waals surface area (Å²) in [4.78, 5) is 4.38. The number of hydrogen-bond acceptors (Lipinski definition) is 2. The van der Waals surface area contributed by atoms with E-state index < -0.39 is 10.8 Å². The molecule has 6 heteroatoms. The van der Waals surface area contributed by atoms with Crippen molar-refractivity contribution in [3.63, 3.8) is 0 Å². The van der Waals surface area contributed by atoms with Gasteiger partial charge in [0, 0.05) is 41.0 Å². The van der Waals surface area contributed by atoms with E-state index in [1.165, 1.54) is 6.07 Å². The fraction of sp³-hybridized carbons (Fsp3) is 0.316. The number of nitrogens with zero attached hydrogens (tertiary/aromatic N) is 1. The third-order valence-electron chi connectivity index (χ3n) is 3.50. The fourth-order valence-corrected chi connectivity index (χ4v) is 3.29. The SMILES string of the molecule is CCNC(=NCc1ccccc1F)NCCS(=O)Cc1ccccc1. The second kappa shape index (κ2) is 10.6. The van der Waals surface area contributed by atoms with Crippen LogP contribution in [0.2, 0.25) is 0 Å². The van der Waals surface area contributed by atoms with Crippen LogP contribution in [-0.2, 0) is 23.1 Å². The molecule has 4 nitrogen and oxygen atoms in total. The van der Waals surface area contributed by atoms with Crippen LogP contribution in [0.3, 0.4) is 0 Å². The molecule has 0 radical (unpaired) electrons. The molecule has 0 aliphatic rings. The summed E-state index contributed by atoms with van der Waals surface area (Å²) in [5.41, 5.74) is 1.62. The van der Waals surface area contributed by atoms with E-state index in [0.29, 0.717) is 36.1 Å². The standard InChI is InChI=1S/C19H24FN3OS/c1-2-21-19(23-14-17-10-6-7-11-18(17)20)22-12-13-25(24)15-16-8-4-3-5-9-16/h3-11H,2,12-15H2,1H3,(H2,21,22,23). The van der Waals surface area contributed by atoms with Crippen molar-refractivity contribution in [1.29, 1.82) is 0 Å². The molecule has 2 aromatic rings. The van der Waals surface area contributed by atoms with Crippen LogP contribution in [0.5, 0.6) is 0 Å². The molecular formula is C19H24FN3OS. The molecule has 25 heavy (non-hydrogen) atoms. The minimum Gasteiger partial charge on any atom is -0.357 e. The van der Waals surface area contributed by atoms with Crippen LogP contribution >= 0.6 is 0 Å². The lowest BCUT2D eigenvalue weighted by atomic mass is 10.2. The zero-order valence-electron chi connectivity index (χ0n) is 14.4. The van der Waals surface area contributed by atoms with Crippen molar-refractivity contribution in [2.24, 2.45) is 4.99 Å². The Morgan fingerprint density at radius 3 is 2.52 bits per heavy atom. The van der Waals surface area contributed by atoms with Gasteiger partial charge in [0.1, 0.15) is 5.82 Å². The Morgan fingerprint density at radius 1 is 1.08 bits per heavy atom. The maximum Gasteiger partial charge on any atom is 0.191 e. The van der Waals surface area contributed by atoms with E-state index in [4.69, 9.17) is 0 Å². The second-order valence-electron chi connectivity index (χ2n) is 5.49. The van der Waals surface area contributed by atoms with Crippen molar-refractivity contribution in [3.8, 4) is 0 Å².